The summed E-state index contributed by atoms with van der Waals surface area (Å²) in [6, 6.07) is 117. The first-order valence-electron chi connectivity index (χ1n) is 36.0. The average Bonchev–Trinajstić information content (AvgIpc) is 1.63. The van der Waals surface area contributed by atoms with Crippen LogP contribution >= 0.6 is 0 Å². The zero-order chi connectivity index (χ0) is 68.6. The highest BCUT2D eigenvalue weighted by molar-refractivity contribution is 6.96. The Morgan fingerprint density at radius 1 is 0.175 bits per heavy atom. The first-order chi connectivity index (χ1) is 50.6. The SMILES string of the molecule is Cc1cc(C)c(B(c2cc(-n3c4ccccc4c4cc5c(cc43)c3ccccc3n5-c3ccc4c(c3)c3ccccc3n4-c3ccccc3)cc(-n3c4ccccc4c4cc5c(cc43)c3ccccc3n5-c3ccc4c(c3)c3ccccc3n4-c3ccccc3)c2)c2c(C)cc(C)cc2C)c(C)c1. The molecule has 486 valence electrons. The molecule has 0 saturated carbocycles. The Morgan fingerprint density at radius 2 is 0.417 bits per heavy atom. The van der Waals surface area contributed by atoms with Crippen molar-refractivity contribution in [2.45, 2.75) is 41.5 Å². The van der Waals surface area contributed by atoms with Crippen molar-refractivity contribution in [3.8, 4) is 34.1 Å². The van der Waals surface area contributed by atoms with Crippen LogP contribution in [0.2, 0.25) is 0 Å². The first-order valence-corrected chi connectivity index (χ1v) is 36.0. The second-order valence-corrected chi connectivity index (χ2v) is 28.8. The van der Waals surface area contributed by atoms with Gasteiger partial charge in [0.2, 0.25) is 6.71 Å². The molecule has 15 aromatic carbocycles. The summed E-state index contributed by atoms with van der Waals surface area (Å²) in [5.41, 5.74) is 32.5. The van der Waals surface area contributed by atoms with E-state index in [2.05, 4.69) is 378 Å². The van der Waals surface area contributed by atoms with E-state index < -0.39 is 0 Å². The van der Waals surface area contributed by atoms with Crippen LogP contribution in [0.25, 0.3) is 165 Å². The molecule has 0 fully saturated rings. The molecule has 7 heteroatoms. The number of fused-ring (bicyclic) bond motifs is 18. The van der Waals surface area contributed by atoms with E-state index in [4.69, 9.17) is 0 Å². The molecule has 0 amide bonds. The fourth-order valence-electron chi connectivity index (χ4n) is 18.7. The van der Waals surface area contributed by atoms with Crippen molar-refractivity contribution in [1.29, 1.82) is 0 Å². The fraction of sp³-hybridized carbons (Fsp3) is 0.0625. The van der Waals surface area contributed by atoms with Gasteiger partial charge < -0.3 is 27.4 Å². The van der Waals surface area contributed by atoms with E-state index in [1.54, 1.807) is 0 Å². The number of hydrogen-bond donors (Lipinski definition) is 0. The Kier molecular flexibility index (Phi) is 12.8. The molecule has 6 aromatic heterocycles. The van der Waals surface area contributed by atoms with Crippen LogP contribution in [-0.2, 0) is 0 Å². The number of nitrogens with zero attached hydrogens (tertiary/aromatic N) is 6. The van der Waals surface area contributed by atoms with Gasteiger partial charge in [0.05, 0.1) is 66.2 Å². The van der Waals surface area contributed by atoms with E-state index in [1.807, 2.05) is 0 Å². The predicted molar refractivity (Wildman–Crippen MR) is 438 cm³/mol. The van der Waals surface area contributed by atoms with Gasteiger partial charge in [0.1, 0.15) is 0 Å². The maximum atomic E-state index is 2.59. The van der Waals surface area contributed by atoms with E-state index in [-0.39, 0.29) is 6.71 Å². The van der Waals surface area contributed by atoms with E-state index >= 15 is 0 Å². The van der Waals surface area contributed by atoms with E-state index in [1.165, 1.54) is 159 Å². The van der Waals surface area contributed by atoms with Crippen LogP contribution in [0, 0.1) is 41.5 Å². The van der Waals surface area contributed by atoms with Crippen LogP contribution < -0.4 is 16.4 Å². The summed E-state index contributed by atoms with van der Waals surface area (Å²) in [7, 11) is 0. The molecule has 0 unspecified atom stereocenters. The van der Waals surface area contributed by atoms with Gasteiger partial charge in [-0.25, -0.2) is 0 Å². The lowest BCUT2D eigenvalue weighted by molar-refractivity contribution is 1.14. The maximum Gasteiger partial charge on any atom is 0.242 e. The Morgan fingerprint density at radius 3 is 0.718 bits per heavy atom. The van der Waals surface area contributed by atoms with Gasteiger partial charge in [0, 0.05) is 98.8 Å². The van der Waals surface area contributed by atoms with Gasteiger partial charge in [-0.05, 0) is 181 Å². The Bertz CT molecular complexity index is 6720. The molecule has 103 heavy (non-hydrogen) atoms. The van der Waals surface area contributed by atoms with Gasteiger partial charge in [-0.3, -0.25) is 0 Å². The molecule has 21 rings (SSSR count). The van der Waals surface area contributed by atoms with Gasteiger partial charge >= 0.3 is 0 Å². The highest BCUT2D eigenvalue weighted by Gasteiger charge is 2.32. The van der Waals surface area contributed by atoms with Crippen LogP contribution in [-0.4, -0.2) is 34.1 Å². The molecular formula is C96H69BN6. The van der Waals surface area contributed by atoms with Crippen LogP contribution in [0.5, 0.6) is 0 Å². The smallest absolute Gasteiger partial charge is 0.242 e. The summed E-state index contributed by atoms with van der Waals surface area (Å²) in [6.07, 6.45) is 0. The standard InChI is InChI=1S/C96H69BN6/c1-58-45-60(3)95(61(4)46-58)97(96-62(5)47-59(2)48-63(96)6)64-49-69(102-87-39-23-17-33-75(87)81-54-91-79(56-93(81)102)73-31-15-21-37-85(73)100(91)67-41-43-89-77(52-67)71-29-13-19-35-83(71)98(89)65-25-9-7-10-26-65)51-70(50-64)103-88-40-24-18-34-76(88)82-55-92-80(57-94(82)103)74-32-16-22-38-86(74)101(92)68-42-44-90-78(53-68)72-30-14-20-36-84(72)99(90)66-27-11-8-12-28-66/h7-57H,1-6H3. The summed E-state index contributed by atoms with van der Waals surface area (Å²) < 4.78 is 15.0. The molecule has 0 saturated heterocycles. The average molecular weight is 1320 g/mol. The minimum Gasteiger partial charge on any atom is -0.309 e. The van der Waals surface area contributed by atoms with Crippen molar-refractivity contribution in [3.63, 3.8) is 0 Å². The number of aryl methyl sites for hydroxylation is 6. The zero-order valence-electron chi connectivity index (χ0n) is 58.2. The normalized spacial score (nSPS) is 12.2. The molecule has 0 aliphatic rings. The molecule has 6 heterocycles. The van der Waals surface area contributed by atoms with Crippen LogP contribution in [0.3, 0.4) is 0 Å². The predicted octanol–water partition coefficient (Wildman–Crippen LogP) is 22.6. The summed E-state index contributed by atoms with van der Waals surface area (Å²) >= 11 is 0. The molecule has 0 N–H and O–H groups in total. The number of rotatable bonds is 9. The summed E-state index contributed by atoms with van der Waals surface area (Å²) in [4.78, 5) is 0. The van der Waals surface area contributed by atoms with Crippen LogP contribution in [0.1, 0.15) is 33.4 Å². The summed E-state index contributed by atoms with van der Waals surface area (Å²) in [5, 5.41) is 14.5. The van der Waals surface area contributed by atoms with E-state index in [0.717, 1.165) is 56.2 Å². The lowest BCUT2D eigenvalue weighted by Crippen LogP contribution is -2.56. The van der Waals surface area contributed by atoms with Crippen molar-refractivity contribution in [1.82, 2.24) is 27.4 Å². The molecular weight excluding hydrogens is 1250 g/mol. The van der Waals surface area contributed by atoms with Gasteiger partial charge in [0.15, 0.2) is 0 Å². The number of hydrogen-bond acceptors (Lipinski definition) is 0. The largest absolute Gasteiger partial charge is 0.309 e. The van der Waals surface area contributed by atoms with Gasteiger partial charge in [-0.1, -0.05) is 220 Å². The Labute approximate surface area is 596 Å². The molecule has 21 aromatic rings. The molecule has 0 atom stereocenters. The third-order valence-electron chi connectivity index (χ3n) is 22.6. The topological polar surface area (TPSA) is 29.6 Å². The maximum absolute atomic E-state index is 2.59. The number of para-hydroxylation sites is 8. The number of benzene rings is 15. The van der Waals surface area contributed by atoms with Crippen LogP contribution in [0.4, 0.5) is 0 Å². The monoisotopic (exact) mass is 1320 g/mol. The minimum atomic E-state index is -0.117. The lowest BCUT2D eigenvalue weighted by Gasteiger charge is -2.26. The lowest BCUT2D eigenvalue weighted by atomic mass is 9.34. The summed E-state index contributed by atoms with van der Waals surface area (Å²) in [5.74, 6) is 0. The van der Waals surface area contributed by atoms with Crippen molar-refractivity contribution in [3.05, 3.63) is 343 Å². The highest BCUT2D eigenvalue weighted by atomic mass is 15.0. The van der Waals surface area contributed by atoms with Crippen molar-refractivity contribution >= 4 is 154 Å². The number of aromatic nitrogens is 6. The van der Waals surface area contributed by atoms with Crippen LogP contribution in [0.15, 0.2) is 309 Å². The van der Waals surface area contributed by atoms with Crippen molar-refractivity contribution < 1.29 is 0 Å². The first kappa shape index (κ1) is 59.1. The van der Waals surface area contributed by atoms with E-state index in [0.29, 0.717) is 0 Å². The van der Waals surface area contributed by atoms with Crippen molar-refractivity contribution in [2.75, 3.05) is 0 Å². The second-order valence-electron chi connectivity index (χ2n) is 28.8. The fourth-order valence-corrected chi connectivity index (χ4v) is 18.7. The molecule has 0 spiro atoms. The summed E-state index contributed by atoms with van der Waals surface area (Å²) in [6.45, 7) is 13.7. The quantitative estimate of drug-likeness (QED) is 0.129. The minimum absolute atomic E-state index is 0.117. The highest BCUT2D eigenvalue weighted by Crippen LogP contribution is 2.45. The zero-order valence-corrected chi connectivity index (χ0v) is 58.2. The molecule has 0 aliphatic heterocycles. The molecule has 0 bridgehead atoms. The van der Waals surface area contributed by atoms with Gasteiger partial charge in [-0.15, -0.1) is 0 Å². The Balaban J connectivity index is 0.833. The van der Waals surface area contributed by atoms with Gasteiger partial charge in [-0.2, -0.15) is 0 Å². The third-order valence-corrected chi connectivity index (χ3v) is 22.6. The molecule has 0 radical (unpaired) electrons. The Hall–Kier alpha value is -12.8. The van der Waals surface area contributed by atoms with Gasteiger partial charge in [0.25, 0.3) is 0 Å². The third kappa shape index (κ3) is 8.69. The molecule has 6 nitrogen and oxygen atoms in total. The molecule has 0 aliphatic carbocycles. The van der Waals surface area contributed by atoms with E-state index in [9.17, 15) is 0 Å². The van der Waals surface area contributed by atoms with Crippen molar-refractivity contribution in [2.24, 2.45) is 0 Å². The second kappa shape index (κ2) is 22.3.